The third kappa shape index (κ3) is 4.37. The van der Waals surface area contributed by atoms with Crippen LogP contribution in [0.25, 0.3) is 0 Å². The molecule has 0 N–H and O–H groups in total. The van der Waals surface area contributed by atoms with E-state index in [-0.39, 0.29) is 12.4 Å². The Bertz CT molecular complexity index is 519. The van der Waals surface area contributed by atoms with Crippen molar-refractivity contribution in [1.29, 1.82) is 0 Å². The lowest BCUT2D eigenvalue weighted by Crippen LogP contribution is -2.42. The first-order valence-corrected chi connectivity index (χ1v) is 8.00. The van der Waals surface area contributed by atoms with Gasteiger partial charge < -0.3 is 9.47 Å². The summed E-state index contributed by atoms with van der Waals surface area (Å²) in [5.41, 5.74) is -1.32. The smallest absolute Gasteiger partial charge is 0.328 e. The summed E-state index contributed by atoms with van der Waals surface area (Å²) in [6.45, 7) is 5.67. The number of ether oxygens (including phenoxy) is 2. The Morgan fingerprint density at radius 3 is 2.00 bits per heavy atom. The highest BCUT2D eigenvalue weighted by atomic mass is 35.5. The second-order valence-electron chi connectivity index (χ2n) is 4.92. The summed E-state index contributed by atoms with van der Waals surface area (Å²) in [6.07, 6.45) is 1.27. The Balaban J connectivity index is 3.00. The van der Waals surface area contributed by atoms with Crippen molar-refractivity contribution in [3.63, 3.8) is 0 Å². The van der Waals surface area contributed by atoms with E-state index in [2.05, 4.69) is 0 Å². The van der Waals surface area contributed by atoms with Crippen molar-refractivity contribution >= 4 is 35.1 Å². The Hall–Kier alpha value is -1.26. The summed E-state index contributed by atoms with van der Waals surface area (Å²) < 4.78 is 10.5. The summed E-state index contributed by atoms with van der Waals surface area (Å²) in [6, 6.07) is 4.47. The summed E-state index contributed by atoms with van der Waals surface area (Å²) in [5, 5.41) is 0.699. The van der Waals surface area contributed by atoms with E-state index < -0.39 is 17.4 Å². The van der Waals surface area contributed by atoms with Crippen LogP contribution in [0.2, 0.25) is 10.0 Å². The fraction of sp³-hybridized carbons (Fsp3) is 0.500. The molecule has 122 valence electrons. The normalized spacial score (nSPS) is 11.1. The number of benzene rings is 1. The predicted octanol–water partition coefficient (Wildman–Crippen LogP) is 4.66. The lowest BCUT2D eigenvalue weighted by atomic mass is 9.82. The number of carbonyl (C=O) groups is 2. The highest BCUT2D eigenvalue weighted by molar-refractivity contribution is 6.34. The molecular formula is C16H20Cl2O4. The molecule has 0 radical (unpaired) electrons. The predicted molar refractivity (Wildman–Crippen MR) is 86.4 cm³/mol. The Morgan fingerprint density at radius 1 is 1.00 bits per heavy atom. The lowest BCUT2D eigenvalue weighted by molar-refractivity contribution is -0.168. The molecular weight excluding hydrogens is 327 g/mol. The van der Waals surface area contributed by atoms with Gasteiger partial charge in [-0.05, 0) is 37.5 Å². The fourth-order valence-corrected chi connectivity index (χ4v) is 2.54. The Morgan fingerprint density at radius 2 is 1.55 bits per heavy atom. The first-order valence-electron chi connectivity index (χ1n) is 7.25. The molecule has 0 bridgehead atoms. The first-order chi connectivity index (χ1) is 10.4. The van der Waals surface area contributed by atoms with Crippen molar-refractivity contribution in [2.24, 2.45) is 5.41 Å². The van der Waals surface area contributed by atoms with Crippen LogP contribution >= 0.6 is 23.2 Å². The number of halogens is 2. The minimum atomic E-state index is -1.32. The standard InChI is InChI=1S/C16H20Cl2O4/c1-4-7-21-14(19)16(5-2,6-3)15(20)22-13-9-11(17)8-12(18)10-13/h8-10H,4-7H2,1-3H3. The molecule has 0 aromatic heterocycles. The highest BCUT2D eigenvalue weighted by Gasteiger charge is 2.46. The van der Waals surface area contributed by atoms with E-state index in [0.29, 0.717) is 29.3 Å². The van der Waals surface area contributed by atoms with Crippen molar-refractivity contribution in [2.75, 3.05) is 6.61 Å². The molecule has 0 amide bonds. The van der Waals surface area contributed by atoms with E-state index in [1.807, 2.05) is 6.92 Å². The second kappa shape index (κ2) is 8.39. The molecule has 4 nitrogen and oxygen atoms in total. The van der Waals surface area contributed by atoms with Crippen molar-refractivity contribution < 1.29 is 19.1 Å². The van der Waals surface area contributed by atoms with Gasteiger partial charge in [0.1, 0.15) is 5.75 Å². The third-order valence-corrected chi connectivity index (χ3v) is 3.91. The summed E-state index contributed by atoms with van der Waals surface area (Å²) in [4.78, 5) is 24.8. The number of hydrogen-bond donors (Lipinski definition) is 0. The van der Waals surface area contributed by atoms with E-state index in [0.717, 1.165) is 0 Å². The molecule has 0 spiro atoms. The molecule has 0 aliphatic carbocycles. The molecule has 0 aliphatic heterocycles. The van der Waals surface area contributed by atoms with Crippen LogP contribution in [0.15, 0.2) is 18.2 Å². The van der Waals surface area contributed by atoms with Gasteiger partial charge in [-0.2, -0.15) is 0 Å². The van der Waals surface area contributed by atoms with Crippen LogP contribution in [0.5, 0.6) is 5.75 Å². The van der Waals surface area contributed by atoms with E-state index in [9.17, 15) is 9.59 Å². The van der Waals surface area contributed by atoms with Crippen molar-refractivity contribution in [1.82, 2.24) is 0 Å². The zero-order valence-corrected chi connectivity index (χ0v) is 14.5. The van der Waals surface area contributed by atoms with Crippen LogP contribution < -0.4 is 4.74 Å². The van der Waals surface area contributed by atoms with Crippen LogP contribution in [-0.4, -0.2) is 18.5 Å². The molecule has 0 saturated heterocycles. The molecule has 0 atom stereocenters. The average molecular weight is 347 g/mol. The van der Waals surface area contributed by atoms with Crippen LogP contribution in [0.3, 0.4) is 0 Å². The zero-order chi connectivity index (χ0) is 16.8. The molecule has 0 heterocycles. The zero-order valence-electron chi connectivity index (χ0n) is 12.9. The molecule has 0 saturated carbocycles. The number of hydrogen-bond acceptors (Lipinski definition) is 4. The van der Waals surface area contributed by atoms with E-state index in [1.165, 1.54) is 18.2 Å². The van der Waals surface area contributed by atoms with Crippen LogP contribution in [0.1, 0.15) is 40.0 Å². The molecule has 6 heteroatoms. The van der Waals surface area contributed by atoms with E-state index >= 15 is 0 Å². The quantitative estimate of drug-likeness (QED) is 0.409. The van der Waals surface area contributed by atoms with Crippen LogP contribution in [0.4, 0.5) is 0 Å². The van der Waals surface area contributed by atoms with E-state index in [4.69, 9.17) is 32.7 Å². The Labute approximate surface area is 140 Å². The van der Waals surface area contributed by atoms with Gasteiger partial charge in [0.25, 0.3) is 0 Å². The van der Waals surface area contributed by atoms with Crippen LogP contribution in [-0.2, 0) is 14.3 Å². The minimum Gasteiger partial charge on any atom is -0.465 e. The molecule has 1 rings (SSSR count). The van der Waals surface area contributed by atoms with Crippen molar-refractivity contribution in [2.45, 2.75) is 40.0 Å². The maximum absolute atomic E-state index is 12.5. The number of rotatable bonds is 7. The highest BCUT2D eigenvalue weighted by Crippen LogP contribution is 2.32. The SMILES string of the molecule is CCCOC(=O)C(CC)(CC)C(=O)Oc1cc(Cl)cc(Cl)c1. The number of esters is 2. The first kappa shape index (κ1) is 18.8. The molecule has 1 aromatic carbocycles. The maximum atomic E-state index is 12.5. The maximum Gasteiger partial charge on any atom is 0.328 e. The topological polar surface area (TPSA) is 52.6 Å². The largest absolute Gasteiger partial charge is 0.465 e. The Kier molecular flexibility index (Phi) is 7.17. The average Bonchev–Trinajstić information content (AvgIpc) is 2.45. The van der Waals surface area contributed by atoms with Crippen molar-refractivity contribution in [3.05, 3.63) is 28.2 Å². The van der Waals surface area contributed by atoms with Gasteiger partial charge in [0.05, 0.1) is 6.61 Å². The minimum absolute atomic E-state index is 0.206. The monoisotopic (exact) mass is 346 g/mol. The van der Waals surface area contributed by atoms with Gasteiger partial charge in [-0.25, -0.2) is 0 Å². The molecule has 0 unspecified atom stereocenters. The molecule has 0 fully saturated rings. The van der Waals surface area contributed by atoms with Gasteiger partial charge in [-0.3, -0.25) is 9.59 Å². The van der Waals surface area contributed by atoms with Gasteiger partial charge in [0, 0.05) is 10.0 Å². The van der Waals surface area contributed by atoms with E-state index in [1.54, 1.807) is 13.8 Å². The molecule has 22 heavy (non-hydrogen) atoms. The van der Waals surface area contributed by atoms with Gasteiger partial charge in [-0.1, -0.05) is 44.0 Å². The van der Waals surface area contributed by atoms with Gasteiger partial charge in [-0.15, -0.1) is 0 Å². The van der Waals surface area contributed by atoms with Crippen molar-refractivity contribution in [3.8, 4) is 5.75 Å². The molecule has 1 aromatic rings. The summed E-state index contributed by atoms with van der Waals surface area (Å²) >= 11 is 11.8. The number of carbonyl (C=O) groups excluding carboxylic acids is 2. The third-order valence-electron chi connectivity index (χ3n) is 3.47. The molecule has 0 aliphatic rings. The lowest BCUT2D eigenvalue weighted by Gasteiger charge is -2.26. The van der Waals surface area contributed by atoms with Gasteiger partial charge in [0.15, 0.2) is 5.41 Å². The fourth-order valence-electron chi connectivity index (χ4n) is 2.04. The van der Waals surface area contributed by atoms with Crippen LogP contribution in [0, 0.1) is 5.41 Å². The summed E-state index contributed by atoms with van der Waals surface area (Å²) in [7, 11) is 0. The van der Waals surface area contributed by atoms with Gasteiger partial charge in [0.2, 0.25) is 0 Å². The summed E-state index contributed by atoms with van der Waals surface area (Å²) in [5.74, 6) is -1.01. The second-order valence-corrected chi connectivity index (χ2v) is 5.79. The van der Waals surface area contributed by atoms with Gasteiger partial charge >= 0.3 is 11.9 Å².